The van der Waals surface area contributed by atoms with Crippen LogP contribution in [0.25, 0.3) is 0 Å². The number of phenolic OH excluding ortho intramolecular Hbond substituents is 1. The fourth-order valence-electron chi connectivity index (χ4n) is 1.36. The number of carbonyl (C=O) groups is 1. The van der Waals surface area contributed by atoms with Gasteiger partial charge in [-0.3, -0.25) is 0 Å². The van der Waals surface area contributed by atoms with Gasteiger partial charge in [-0.1, -0.05) is 46.5 Å². The fraction of sp³-hybridized carbons (Fsp3) is 0.533. The lowest BCUT2D eigenvalue weighted by atomic mass is 10.0. The van der Waals surface area contributed by atoms with Crippen molar-refractivity contribution in [2.75, 3.05) is 0 Å². The smallest absolute Gasteiger partial charge is 0.335 e. The van der Waals surface area contributed by atoms with Crippen LogP contribution in [0.4, 0.5) is 0 Å². The molecule has 102 valence electrons. The zero-order valence-electron chi connectivity index (χ0n) is 11.5. The van der Waals surface area contributed by atoms with Crippen molar-refractivity contribution >= 4 is 5.97 Å². The minimum Gasteiger partial charge on any atom is -0.508 e. The molecule has 0 aliphatic carbocycles. The lowest BCUT2D eigenvalue weighted by Gasteiger charge is -2.04. The van der Waals surface area contributed by atoms with E-state index >= 15 is 0 Å². The Labute approximate surface area is 109 Å². The number of benzene rings is 1. The number of carboxylic acids is 1. The van der Waals surface area contributed by atoms with Crippen LogP contribution in [0.5, 0.6) is 5.75 Å². The summed E-state index contributed by atoms with van der Waals surface area (Å²) in [7, 11) is 0. The molecule has 0 bridgehead atoms. The summed E-state index contributed by atoms with van der Waals surface area (Å²) < 4.78 is 0. The second kappa shape index (κ2) is 9.51. The standard InChI is InChI=1S/C8H18.C7H6O3/c1-4-6-7-8(3)5-2;8-6-3-1-5(2-4-6)7(9)10/h8H,4-7H2,1-3H3;1-4,8H,(H,9,10). The lowest BCUT2D eigenvalue weighted by Crippen LogP contribution is -1.93. The lowest BCUT2D eigenvalue weighted by molar-refractivity contribution is 0.0697. The molecule has 1 unspecified atom stereocenters. The molecule has 0 saturated heterocycles. The molecule has 3 nitrogen and oxygen atoms in total. The summed E-state index contributed by atoms with van der Waals surface area (Å²) in [6.07, 6.45) is 5.53. The summed E-state index contributed by atoms with van der Waals surface area (Å²) in [6, 6.07) is 5.36. The van der Waals surface area contributed by atoms with E-state index in [2.05, 4.69) is 20.8 Å². The molecule has 2 N–H and O–H groups in total. The van der Waals surface area contributed by atoms with Crippen molar-refractivity contribution in [2.45, 2.75) is 46.5 Å². The third-order valence-electron chi connectivity index (χ3n) is 2.86. The second-order valence-electron chi connectivity index (χ2n) is 4.51. The van der Waals surface area contributed by atoms with Gasteiger partial charge in [0, 0.05) is 0 Å². The van der Waals surface area contributed by atoms with E-state index in [4.69, 9.17) is 10.2 Å². The van der Waals surface area contributed by atoms with Crippen molar-refractivity contribution in [3.05, 3.63) is 29.8 Å². The highest BCUT2D eigenvalue weighted by Crippen LogP contribution is 2.10. The summed E-state index contributed by atoms with van der Waals surface area (Å²) in [5.74, 6) is 0.0416. The SMILES string of the molecule is CCCCC(C)CC.O=C(O)c1ccc(O)cc1. The summed E-state index contributed by atoms with van der Waals surface area (Å²) >= 11 is 0. The Hall–Kier alpha value is -1.51. The number of rotatable bonds is 5. The predicted octanol–water partition coefficient (Wildman–Crippen LogP) is 4.31. The van der Waals surface area contributed by atoms with Gasteiger partial charge in [-0.2, -0.15) is 0 Å². The van der Waals surface area contributed by atoms with Crippen molar-refractivity contribution in [3.63, 3.8) is 0 Å². The summed E-state index contributed by atoms with van der Waals surface area (Å²) in [4.78, 5) is 10.2. The molecule has 18 heavy (non-hydrogen) atoms. The molecule has 0 aliphatic heterocycles. The van der Waals surface area contributed by atoms with E-state index in [-0.39, 0.29) is 11.3 Å². The number of aromatic carboxylic acids is 1. The van der Waals surface area contributed by atoms with Crippen LogP contribution in [0.15, 0.2) is 24.3 Å². The largest absolute Gasteiger partial charge is 0.508 e. The molecule has 0 radical (unpaired) electrons. The first kappa shape index (κ1) is 16.5. The third-order valence-corrected chi connectivity index (χ3v) is 2.86. The molecule has 1 aromatic rings. The van der Waals surface area contributed by atoms with E-state index in [1.807, 2.05) is 0 Å². The quantitative estimate of drug-likeness (QED) is 0.820. The monoisotopic (exact) mass is 252 g/mol. The molecule has 0 spiro atoms. The molecule has 1 atom stereocenters. The van der Waals surface area contributed by atoms with E-state index in [1.54, 1.807) is 0 Å². The average molecular weight is 252 g/mol. The highest BCUT2D eigenvalue weighted by molar-refractivity contribution is 5.87. The molecule has 1 rings (SSSR count). The van der Waals surface area contributed by atoms with Gasteiger partial charge >= 0.3 is 5.97 Å². The molecule has 0 heterocycles. The first-order valence-electron chi connectivity index (χ1n) is 6.53. The maximum Gasteiger partial charge on any atom is 0.335 e. The minimum absolute atomic E-state index is 0.0741. The molecule has 0 amide bonds. The highest BCUT2D eigenvalue weighted by Gasteiger charge is 1.99. The van der Waals surface area contributed by atoms with Crippen LogP contribution >= 0.6 is 0 Å². The van der Waals surface area contributed by atoms with Crippen LogP contribution < -0.4 is 0 Å². The number of carboxylic acid groups (broad SMARTS) is 1. The van der Waals surface area contributed by atoms with Crippen molar-refractivity contribution in [1.29, 1.82) is 0 Å². The highest BCUT2D eigenvalue weighted by atomic mass is 16.4. The van der Waals surface area contributed by atoms with Crippen LogP contribution in [0.2, 0.25) is 0 Å². The third kappa shape index (κ3) is 7.71. The number of hydrogen-bond donors (Lipinski definition) is 2. The van der Waals surface area contributed by atoms with Gasteiger partial charge < -0.3 is 10.2 Å². The summed E-state index contributed by atoms with van der Waals surface area (Å²) in [5, 5.41) is 17.1. The molecule has 3 heteroatoms. The van der Waals surface area contributed by atoms with E-state index in [0.717, 1.165) is 5.92 Å². The Morgan fingerprint density at radius 3 is 2.17 bits per heavy atom. The van der Waals surface area contributed by atoms with Crippen LogP contribution in [-0.4, -0.2) is 16.2 Å². The van der Waals surface area contributed by atoms with E-state index in [0.29, 0.717) is 0 Å². The zero-order chi connectivity index (χ0) is 14.0. The number of aromatic hydroxyl groups is 1. The Balaban J connectivity index is 0.000000331. The minimum atomic E-state index is -0.986. The Morgan fingerprint density at radius 2 is 1.78 bits per heavy atom. The van der Waals surface area contributed by atoms with Gasteiger partial charge in [0.05, 0.1) is 5.56 Å². The molecule has 0 aliphatic rings. The molecule has 0 saturated carbocycles. The maximum absolute atomic E-state index is 10.2. The van der Waals surface area contributed by atoms with Crippen molar-refractivity contribution < 1.29 is 15.0 Å². The Kier molecular flexibility index (Phi) is 8.71. The first-order valence-corrected chi connectivity index (χ1v) is 6.53. The van der Waals surface area contributed by atoms with E-state index in [9.17, 15) is 4.79 Å². The fourth-order valence-corrected chi connectivity index (χ4v) is 1.36. The van der Waals surface area contributed by atoms with Crippen molar-refractivity contribution in [1.82, 2.24) is 0 Å². The Morgan fingerprint density at radius 1 is 1.22 bits per heavy atom. The number of phenols is 1. The van der Waals surface area contributed by atoms with E-state index in [1.165, 1.54) is 49.9 Å². The van der Waals surface area contributed by atoms with Gasteiger partial charge in [0.1, 0.15) is 5.75 Å². The van der Waals surface area contributed by atoms with Gasteiger partial charge in [-0.15, -0.1) is 0 Å². The van der Waals surface area contributed by atoms with Crippen LogP contribution in [0.3, 0.4) is 0 Å². The summed E-state index contributed by atoms with van der Waals surface area (Å²) in [5.41, 5.74) is 0.179. The average Bonchev–Trinajstić information content (AvgIpc) is 2.37. The number of unbranched alkanes of at least 4 members (excludes halogenated alkanes) is 1. The number of hydrogen-bond acceptors (Lipinski definition) is 2. The van der Waals surface area contributed by atoms with Crippen LogP contribution in [-0.2, 0) is 0 Å². The summed E-state index contributed by atoms with van der Waals surface area (Å²) in [6.45, 7) is 6.85. The Bertz CT molecular complexity index is 330. The molecule has 1 aromatic carbocycles. The van der Waals surface area contributed by atoms with Crippen LogP contribution in [0.1, 0.15) is 56.8 Å². The van der Waals surface area contributed by atoms with E-state index < -0.39 is 5.97 Å². The molecule has 0 aromatic heterocycles. The van der Waals surface area contributed by atoms with Gasteiger partial charge in [-0.25, -0.2) is 4.79 Å². The van der Waals surface area contributed by atoms with Crippen LogP contribution in [0, 0.1) is 5.92 Å². The first-order chi connectivity index (χ1) is 8.51. The van der Waals surface area contributed by atoms with Gasteiger partial charge in [0.15, 0.2) is 0 Å². The predicted molar refractivity (Wildman–Crippen MR) is 74.0 cm³/mol. The second-order valence-corrected chi connectivity index (χ2v) is 4.51. The van der Waals surface area contributed by atoms with Crippen molar-refractivity contribution in [2.24, 2.45) is 5.92 Å². The van der Waals surface area contributed by atoms with Gasteiger partial charge in [-0.05, 0) is 30.2 Å². The zero-order valence-corrected chi connectivity index (χ0v) is 11.5. The van der Waals surface area contributed by atoms with Crippen molar-refractivity contribution in [3.8, 4) is 5.75 Å². The normalized spacial score (nSPS) is 11.3. The molecular weight excluding hydrogens is 228 g/mol. The topological polar surface area (TPSA) is 57.5 Å². The maximum atomic E-state index is 10.2. The molecule has 0 fully saturated rings. The molecular formula is C15H24O3. The van der Waals surface area contributed by atoms with Gasteiger partial charge in [0.25, 0.3) is 0 Å². The van der Waals surface area contributed by atoms with Gasteiger partial charge in [0.2, 0.25) is 0 Å².